The zero-order chi connectivity index (χ0) is 20.8. The van der Waals surface area contributed by atoms with Gasteiger partial charge in [0.25, 0.3) is 5.91 Å². The van der Waals surface area contributed by atoms with Crippen LogP contribution in [0.2, 0.25) is 0 Å². The van der Waals surface area contributed by atoms with Gasteiger partial charge in [0.2, 0.25) is 0 Å². The summed E-state index contributed by atoms with van der Waals surface area (Å²) in [7, 11) is 0. The summed E-state index contributed by atoms with van der Waals surface area (Å²) in [4.78, 5) is 12.5. The third kappa shape index (κ3) is 4.86. The molecule has 3 aromatic carbocycles. The molecule has 0 spiro atoms. The maximum atomic E-state index is 13.0. The fraction of sp³-hybridized carbons (Fsp3) is 0.0417. The lowest BCUT2D eigenvalue weighted by Crippen LogP contribution is -2.22. The van der Waals surface area contributed by atoms with E-state index < -0.39 is 0 Å². The van der Waals surface area contributed by atoms with Crippen LogP contribution in [-0.2, 0) is 6.54 Å². The molecule has 5 nitrogen and oxygen atoms in total. The highest BCUT2D eigenvalue weighted by molar-refractivity contribution is 5.95. The Kier molecular flexibility index (Phi) is 5.75. The Morgan fingerprint density at radius 3 is 2.37 bits per heavy atom. The number of carbonyl (C=O) groups excluding carboxylic acids is 1. The van der Waals surface area contributed by atoms with E-state index >= 15 is 0 Å². The van der Waals surface area contributed by atoms with Gasteiger partial charge >= 0.3 is 0 Å². The first-order valence-corrected chi connectivity index (χ1v) is 9.46. The van der Waals surface area contributed by atoms with E-state index in [1.54, 1.807) is 30.3 Å². The Balaban J connectivity index is 1.40. The Hall–Kier alpha value is -4.06. The summed E-state index contributed by atoms with van der Waals surface area (Å²) in [5.74, 6) is 0.0655. The van der Waals surface area contributed by atoms with E-state index in [9.17, 15) is 9.18 Å². The average molecular weight is 398 g/mol. The fourth-order valence-electron chi connectivity index (χ4n) is 2.93. The number of hydrogen-bond acceptors (Lipinski definition) is 4. The largest absolute Gasteiger partial charge is 0.348 e. The van der Waals surface area contributed by atoms with E-state index in [1.807, 2.05) is 48.5 Å². The van der Waals surface area contributed by atoms with Crippen molar-refractivity contribution in [3.8, 4) is 11.3 Å². The number of hydrogen-bond donors (Lipinski definition) is 2. The minimum absolute atomic E-state index is 0.214. The van der Waals surface area contributed by atoms with Crippen LogP contribution in [0, 0.1) is 5.82 Å². The quantitative estimate of drug-likeness (QED) is 0.482. The lowest BCUT2D eigenvalue weighted by atomic mass is 10.1. The molecule has 0 aliphatic rings. The monoisotopic (exact) mass is 398 g/mol. The van der Waals surface area contributed by atoms with Crippen LogP contribution in [0.1, 0.15) is 15.9 Å². The molecule has 0 saturated heterocycles. The van der Waals surface area contributed by atoms with Gasteiger partial charge in [0.15, 0.2) is 5.82 Å². The van der Waals surface area contributed by atoms with Gasteiger partial charge in [-0.3, -0.25) is 4.79 Å². The molecule has 0 saturated carbocycles. The van der Waals surface area contributed by atoms with Crippen LogP contribution >= 0.6 is 0 Å². The summed E-state index contributed by atoms with van der Waals surface area (Å²) in [6.07, 6.45) is 0. The Bertz CT molecular complexity index is 1130. The van der Waals surface area contributed by atoms with E-state index in [-0.39, 0.29) is 11.7 Å². The molecule has 1 amide bonds. The number of nitrogens with one attached hydrogen (secondary N) is 2. The van der Waals surface area contributed by atoms with Crippen LogP contribution < -0.4 is 10.6 Å². The first-order valence-electron chi connectivity index (χ1n) is 9.46. The molecule has 0 radical (unpaired) electrons. The molecule has 6 heteroatoms. The maximum Gasteiger partial charge on any atom is 0.251 e. The van der Waals surface area contributed by atoms with Crippen LogP contribution in [0.4, 0.5) is 15.9 Å². The highest BCUT2D eigenvalue weighted by Crippen LogP contribution is 2.19. The summed E-state index contributed by atoms with van der Waals surface area (Å²) in [6.45, 7) is 0.323. The van der Waals surface area contributed by atoms with Crippen LogP contribution in [-0.4, -0.2) is 16.1 Å². The molecule has 0 bridgehead atoms. The van der Waals surface area contributed by atoms with Gasteiger partial charge in [0, 0.05) is 23.4 Å². The van der Waals surface area contributed by atoms with Gasteiger partial charge < -0.3 is 10.6 Å². The van der Waals surface area contributed by atoms with Gasteiger partial charge in [0.05, 0.1) is 5.69 Å². The van der Waals surface area contributed by atoms with Crippen LogP contribution in [0.25, 0.3) is 11.3 Å². The van der Waals surface area contributed by atoms with Crippen molar-refractivity contribution in [1.82, 2.24) is 15.5 Å². The van der Waals surface area contributed by atoms with Crippen LogP contribution in [0.5, 0.6) is 0 Å². The van der Waals surface area contributed by atoms with Crippen molar-refractivity contribution in [2.75, 3.05) is 5.32 Å². The predicted molar refractivity (Wildman–Crippen MR) is 115 cm³/mol. The van der Waals surface area contributed by atoms with E-state index in [0.717, 1.165) is 22.5 Å². The predicted octanol–water partition coefficient (Wildman–Crippen LogP) is 4.96. The number of carbonyl (C=O) groups is 1. The Morgan fingerprint density at radius 1 is 0.833 bits per heavy atom. The second-order valence-electron chi connectivity index (χ2n) is 6.68. The van der Waals surface area contributed by atoms with Gasteiger partial charge in [-0.2, -0.15) is 0 Å². The van der Waals surface area contributed by atoms with Crippen molar-refractivity contribution in [2.24, 2.45) is 0 Å². The standard InChI is InChI=1S/C24H19FN4O/c25-20-11-9-17(10-12-20)16-26-24(30)19-7-4-8-21(15-19)27-23-14-13-22(28-29-23)18-5-2-1-3-6-18/h1-15H,16H2,(H,26,30)(H,27,29). The molecule has 0 aliphatic carbocycles. The zero-order valence-corrected chi connectivity index (χ0v) is 16.0. The van der Waals surface area contributed by atoms with E-state index in [2.05, 4.69) is 20.8 Å². The van der Waals surface area contributed by atoms with Gasteiger partial charge in [-0.05, 0) is 48.0 Å². The summed E-state index contributed by atoms with van der Waals surface area (Å²) in [5, 5.41) is 14.5. The van der Waals surface area contributed by atoms with Gasteiger partial charge in [0.1, 0.15) is 5.82 Å². The lowest BCUT2D eigenvalue weighted by molar-refractivity contribution is 0.0951. The van der Waals surface area contributed by atoms with E-state index in [0.29, 0.717) is 17.9 Å². The summed E-state index contributed by atoms with van der Waals surface area (Å²) >= 11 is 0. The molecule has 0 atom stereocenters. The molecule has 148 valence electrons. The number of rotatable bonds is 6. The summed E-state index contributed by atoms with van der Waals surface area (Å²) < 4.78 is 13.0. The van der Waals surface area contributed by atoms with Crippen LogP contribution in [0.15, 0.2) is 91.0 Å². The van der Waals surface area contributed by atoms with Gasteiger partial charge in [-0.15, -0.1) is 10.2 Å². The highest BCUT2D eigenvalue weighted by atomic mass is 19.1. The molecular weight excluding hydrogens is 379 g/mol. The van der Waals surface area contributed by atoms with Crippen molar-refractivity contribution in [1.29, 1.82) is 0 Å². The Morgan fingerprint density at radius 2 is 1.63 bits per heavy atom. The van der Waals surface area contributed by atoms with Crippen molar-refractivity contribution >= 4 is 17.4 Å². The van der Waals surface area contributed by atoms with Gasteiger partial charge in [-0.1, -0.05) is 48.5 Å². The number of benzene rings is 3. The molecule has 0 aliphatic heterocycles. The van der Waals surface area contributed by atoms with Crippen molar-refractivity contribution in [3.05, 3.63) is 108 Å². The number of halogens is 1. The first kappa shape index (κ1) is 19.3. The van der Waals surface area contributed by atoms with Crippen molar-refractivity contribution in [2.45, 2.75) is 6.54 Å². The molecule has 2 N–H and O–H groups in total. The molecule has 1 aromatic heterocycles. The molecule has 0 fully saturated rings. The molecule has 30 heavy (non-hydrogen) atoms. The van der Waals surface area contributed by atoms with Gasteiger partial charge in [-0.25, -0.2) is 4.39 Å². The summed E-state index contributed by atoms with van der Waals surface area (Å²) in [5.41, 5.74) is 3.85. The second-order valence-corrected chi connectivity index (χ2v) is 6.68. The maximum absolute atomic E-state index is 13.0. The molecule has 4 rings (SSSR count). The number of aromatic nitrogens is 2. The minimum Gasteiger partial charge on any atom is -0.348 e. The average Bonchev–Trinajstić information content (AvgIpc) is 2.80. The zero-order valence-electron chi connectivity index (χ0n) is 16.0. The summed E-state index contributed by atoms with van der Waals surface area (Å²) in [6, 6.07) is 26.7. The molecular formula is C24H19FN4O. The lowest BCUT2D eigenvalue weighted by Gasteiger charge is -2.09. The van der Waals surface area contributed by atoms with E-state index in [4.69, 9.17) is 0 Å². The number of nitrogens with zero attached hydrogens (tertiary/aromatic N) is 2. The molecule has 0 unspecified atom stereocenters. The minimum atomic E-state index is -0.302. The SMILES string of the molecule is O=C(NCc1ccc(F)cc1)c1cccc(Nc2ccc(-c3ccccc3)nn2)c1. The van der Waals surface area contributed by atoms with Crippen molar-refractivity contribution < 1.29 is 9.18 Å². The normalized spacial score (nSPS) is 10.4. The number of amides is 1. The Labute approximate surface area is 173 Å². The first-order chi connectivity index (χ1) is 14.7. The van der Waals surface area contributed by atoms with Crippen LogP contribution in [0.3, 0.4) is 0 Å². The third-order valence-electron chi connectivity index (χ3n) is 4.50. The number of anilines is 2. The highest BCUT2D eigenvalue weighted by Gasteiger charge is 2.07. The molecule has 1 heterocycles. The fourth-order valence-corrected chi connectivity index (χ4v) is 2.93. The second kappa shape index (κ2) is 8.96. The smallest absolute Gasteiger partial charge is 0.251 e. The third-order valence-corrected chi connectivity index (χ3v) is 4.50. The van der Waals surface area contributed by atoms with Crippen molar-refractivity contribution in [3.63, 3.8) is 0 Å². The molecule has 4 aromatic rings. The van der Waals surface area contributed by atoms with E-state index in [1.165, 1.54) is 12.1 Å². The topological polar surface area (TPSA) is 66.9 Å².